The lowest BCUT2D eigenvalue weighted by Gasteiger charge is -2.37. The van der Waals surface area contributed by atoms with Gasteiger partial charge in [-0.2, -0.15) is 5.10 Å². The maximum atomic E-state index is 5.78. The van der Waals surface area contributed by atoms with Crippen molar-refractivity contribution >= 4 is 12.2 Å². The number of hydrogen-bond acceptors (Lipinski definition) is 5. The van der Waals surface area contributed by atoms with Crippen molar-refractivity contribution in [3.63, 3.8) is 0 Å². The minimum Gasteiger partial charge on any atom is -0.373 e. The van der Waals surface area contributed by atoms with Gasteiger partial charge in [0.2, 0.25) is 0 Å². The molecule has 24 heavy (non-hydrogen) atoms. The molecule has 0 N–H and O–H groups in total. The number of rotatable bonds is 5. The SMILES string of the molecule is C=CCn1c(-c2cccnc2)nn(CN2CCOC(C)(C)C2)c1=S. The second-order valence-corrected chi connectivity index (χ2v) is 6.91. The maximum Gasteiger partial charge on any atom is 0.199 e. The molecule has 0 spiro atoms. The smallest absolute Gasteiger partial charge is 0.199 e. The van der Waals surface area contributed by atoms with Gasteiger partial charge in [-0.05, 0) is 38.2 Å². The van der Waals surface area contributed by atoms with Crippen LogP contribution in [0.25, 0.3) is 11.4 Å². The highest BCUT2D eigenvalue weighted by Crippen LogP contribution is 2.20. The van der Waals surface area contributed by atoms with E-state index in [1.54, 1.807) is 12.4 Å². The highest BCUT2D eigenvalue weighted by Gasteiger charge is 2.27. The lowest BCUT2D eigenvalue weighted by atomic mass is 10.1. The van der Waals surface area contributed by atoms with Crippen LogP contribution >= 0.6 is 12.2 Å². The summed E-state index contributed by atoms with van der Waals surface area (Å²) < 4.78 is 10.3. The third kappa shape index (κ3) is 3.63. The van der Waals surface area contributed by atoms with E-state index in [2.05, 4.69) is 30.3 Å². The molecule has 2 aromatic rings. The Morgan fingerprint density at radius 2 is 2.29 bits per heavy atom. The predicted octanol–water partition coefficient (Wildman–Crippen LogP) is 2.73. The predicted molar refractivity (Wildman–Crippen MR) is 96.1 cm³/mol. The summed E-state index contributed by atoms with van der Waals surface area (Å²) in [6.45, 7) is 11.8. The second-order valence-electron chi connectivity index (χ2n) is 6.55. The summed E-state index contributed by atoms with van der Waals surface area (Å²) >= 11 is 5.64. The summed E-state index contributed by atoms with van der Waals surface area (Å²) in [7, 11) is 0. The van der Waals surface area contributed by atoms with Crippen molar-refractivity contribution in [2.75, 3.05) is 19.7 Å². The van der Waals surface area contributed by atoms with Crippen LogP contribution in [0.1, 0.15) is 13.8 Å². The average molecular weight is 345 g/mol. The van der Waals surface area contributed by atoms with Crippen LogP contribution in [0.5, 0.6) is 0 Å². The minimum atomic E-state index is -0.143. The molecule has 0 amide bonds. The van der Waals surface area contributed by atoms with Gasteiger partial charge in [-0.1, -0.05) is 6.08 Å². The van der Waals surface area contributed by atoms with E-state index >= 15 is 0 Å². The molecule has 6 nitrogen and oxygen atoms in total. The highest BCUT2D eigenvalue weighted by atomic mass is 32.1. The normalized spacial score (nSPS) is 17.8. The zero-order valence-electron chi connectivity index (χ0n) is 14.2. The molecule has 2 aromatic heterocycles. The molecule has 0 bridgehead atoms. The molecule has 0 unspecified atom stereocenters. The zero-order chi connectivity index (χ0) is 17.2. The average Bonchev–Trinajstić information content (AvgIpc) is 2.85. The van der Waals surface area contributed by atoms with Crippen molar-refractivity contribution in [1.82, 2.24) is 24.2 Å². The summed E-state index contributed by atoms with van der Waals surface area (Å²) in [6.07, 6.45) is 5.39. The summed E-state index contributed by atoms with van der Waals surface area (Å²) in [4.78, 5) is 6.50. The van der Waals surface area contributed by atoms with Crippen molar-refractivity contribution in [2.45, 2.75) is 32.7 Å². The van der Waals surface area contributed by atoms with Gasteiger partial charge < -0.3 is 4.74 Å². The minimum absolute atomic E-state index is 0.143. The molecule has 1 saturated heterocycles. The van der Waals surface area contributed by atoms with E-state index in [4.69, 9.17) is 22.1 Å². The van der Waals surface area contributed by atoms with Crippen molar-refractivity contribution in [2.24, 2.45) is 0 Å². The summed E-state index contributed by atoms with van der Waals surface area (Å²) in [5.41, 5.74) is 0.808. The van der Waals surface area contributed by atoms with Crippen molar-refractivity contribution in [3.05, 3.63) is 42.0 Å². The molecular weight excluding hydrogens is 322 g/mol. The number of allylic oxidation sites excluding steroid dienone is 1. The van der Waals surface area contributed by atoms with Gasteiger partial charge >= 0.3 is 0 Å². The second kappa shape index (κ2) is 6.96. The number of aromatic nitrogens is 4. The largest absolute Gasteiger partial charge is 0.373 e. The first-order chi connectivity index (χ1) is 11.5. The van der Waals surface area contributed by atoms with Gasteiger partial charge in [-0.25, -0.2) is 4.68 Å². The van der Waals surface area contributed by atoms with Crippen LogP contribution in [0.2, 0.25) is 0 Å². The molecule has 1 aliphatic rings. The fraction of sp³-hybridized carbons (Fsp3) is 0.471. The number of nitrogens with zero attached hydrogens (tertiary/aromatic N) is 5. The molecule has 128 valence electrons. The highest BCUT2D eigenvalue weighted by molar-refractivity contribution is 7.71. The van der Waals surface area contributed by atoms with Crippen molar-refractivity contribution < 1.29 is 4.74 Å². The molecule has 0 radical (unpaired) electrons. The molecule has 1 aliphatic heterocycles. The van der Waals surface area contributed by atoms with Gasteiger partial charge in [0.25, 0.3) is 0 Å². The van der Waals surface area contributed by atoms with Gasteiger partial charge in [-0.3, -0.25) is 14.5 Å². The number of morpholine rings is 1. The summed E-state index contributed by atoms with van der Waals surface area (Å²) in [6, 6.07) is 3.89. The number of hydrogen-bond donors (Lipinski definition) is 0. The lowest BCUT2D eigenvalue weighted by molar-refractivity contribution is -0.0946. The summed E-state index contributed by atoms with van der Waals surface area (Å²) in [5, 5.41) is 4.75. The fourth-order valence-electron chi connectivity index (χ4n) is 2.96. The number of ether oxygens (including phenoxy) is 1. The number of pyridine rings is 1. The molecule has 1 fully saturated rings. The maximum absolute atomic E-state index is 5.78. The molecule has 0 aliphatic carbocycles. The van der Waals surface area contributed by atoms with Crippen LogP contribution in [0.4, 0.5) is 0 Å². The first kappa shape index (κ1) is 17.0. The molecule has 3 rings (SSSR count). The third-order valence-corrected chi connectivity index (χ3v) is 4.42. The van der Waals surface area contributed by atoms with E-state index in [1.807, 2.05) is 27.5 Å². The Morgan fingerprint density at radius 3 is 2.96 bits per heavy atom. The zero-order valence-corrected chi connectivity index (χ0v) is 15.0. The van der Waals surface area contributed by atoms with E-state index in [0.29, 0.717) is 18.0 Å². The van der Waals surface area contributed by atoms with Crippen LogP contribution in [0.15, 0.2) is 37.2 Å². The van der Waals surface area contributed by atoms with Crippen LogP contribution < -0.4 is 0 Å². The van der Waals surface area contributed by atoms with E-state index in [0.717, 1.165) is 31.1 Å². The standard InChI is InChI=1S/C17H23N5OS/c1-4-8-21-15(14-6-5-7-18-11-14)19-22(16(21)24)13-20-9-10-23-17(2,3)12-20/h4-7,11H,1,8-10,12-13H2,2-3H3. The molecule has 7 heteroatoms. The van der Waals surface area contributed by atoms with Gasteiger partial charge in [0.1, 0.15) is 0 Å². The van der Waals surface area contributed by atoms with Gasteiger partial charge in [0.15, 0.2) is 10.6 Å². The van der Waals surface area contributed by atoms with E-state index in [1.165, 1.54) is 0 Å². The Kier molecular flexibility index (Phi) is 4.93. The van der Waals surface area contributed by atoms with Gasteiger partial charge in [-0.15, -0.1) is 6.58 Å². The Bertz CT molecular complexity index is 765. The molecular formula is C17H23N5OS. The third-order valence-electron chi connectivity index (χ3n) is 3.99. The van der Waals surface area contributed by atoms with Crippen LogP contribution in [0.3, 0.4) is 0 Å². The Balaban J connectivity index is 1.92. The first-order valence-electron chi connectivity index (χ1n) is 8.05. The Morgan fingerprint density at radius 1 is 1.46 bits per heavy atom. The van der Waals surface area contributed by atoms with Crippen LogP contribution in [0, 0.1) is 4.77 Å². The first-order valence-corrected chi connectivity index (χ1v) is 8.46. The monoisotopic (exact) mass is 345 g/mol. The van der Waals surface area contributed by atoms with Crippen LogP contribution in [-0.4, -0.2) is 49.5 Å². The van der Waals surface area contributed by atoms with Gasteiger partial charge in [0.05, 0.1) is 18.9 Å². The summed E-state index contributed by atoms with van der Waals surface area (Å²) in [5.74, 6) is 0.820. The molecule has 0 aromatic carbocycles. The van der Waals surface area contributed by atoms with Gasteiger partial charge in [0, 0.05) is 37.6 Å². The van der Waals surface area contributed by atoms with E-state index in [-0.39, 0.29) is 5.60 Å². The van der Waals surface area contributed by atoms with E-state index in [9.17, 15) is 0 Å². The topological polar surface area (TPSA) is 48.1 Å². The van der Waals surface area contributed by atoms with Crippen molar-refractivity contribution in [1.29, 1.82) is 0 Å². The van der Waals surface area contributed by atoms with Crippen molar-refractivity contribution in [3.8, 4) is 11.4 Å². The molecule has 0 saturated carbocycles. The quantitative estimate of drug-likeness (QED) is 0.616. The Labute approximate surface area is 147 Å². The Hall–Kier alpha value is -1.83. The molecule has 0 atom stereocenters. The lowest BCUT2D eigenvalue weighted by Crippen LogP contribution is -2.48. The van der Waals surface area contributed by atoms with Crippen LogP contribution in [-0.2, 0) is 18.0 Å². The fourth-order valence-corrected chi connectivity index (χ4v) is 3.22. The molecule has 3 heterocycles. The van der Waals surface area contributed by atoms with E-state index < -0.39 is 0 Å².